The molecule has 0 heterocycles. The molecule has 0 saturated heterocycles. The van der Waals surface area contributed by atoms with Crippen molar-refractivity contribution in [2.45, 2.75) is 20.0 Å². The topological polar surface area (TPSA) is 82.1 Å². The predicted octanol–water partition coefficient (Wildman–Crippen LogP) is 4.48. The van der Waals surface area contributed by atoms with Crippen molar-refractivity contribution in [1.29, 1.82) is 0 Å². The summed E-state index contributed by atoms with van der Waals surface area (Å²) in [5.41, 5.74) is -0.0825. The average Bonchev–Trinajstić information content (AvgIpc) is 2.53. The molecule has 0 aliphatic heterocycles. The van der Waals surface area contributed by atoms with Crippen LogP contribution in [0.1, 0.15) is 24.2 Å². The van der Waals surface area contributed by atoms with Gasteiger partial charge >= 0.3 is 13.8 Å². The lowest BCUT2D eigenvalue weighted by atomic mass is 10.1. The Morgan fingerprint density at radius 1 is 1.16 bits per heavy atom. The molecule has 1 N–H and O–H groups in total. The lowest BCUT2D eigenvalue weighted by Gasteiger charge is -2.17. The maximum atomic E-state index is 12.2. The minimum Gasteiger partial charge on any atom is -0.504 e. The molecule has 0 fully saturated rings. The Morgan fingerprint density at radius 2 is 1.68 bits per heavy atom. The molecule has 0 bridgehead atoms. The van der Waals surface area contributed by atoms with E-state index in [0.29, 0.717) is 0 Å². The number of halogens is 3. The number of allylic oxidation sites excluding steroid dienone is 2. The second-order valence-corrected chi connectivity index (χ2v) is 6.63. The van der Waals surface area contributed by atoms with E-state index in [4.69, 9.17) is 18.9 Å². The van der Waals surface area contributed by atoms with E-state index in [1.807, 2.05) is 0 Å². The molecule has 25 heavy (non-hydrogen) atoms. The van der Waals surface area contributed by atoms with Crippen molar-refractivity contribution in [1.82, 2.24) is 0 Å². The Bertz CT molecular complexity index is 644. The van der Waals surface area contributed by atoms with E-state index < -0.39 is 25.3 Å². The Morgan fingerprint density at radius 3 is 2.12 bits per heavy atom. The number of ether oxygens (including phenoxy) is 1. The highest BCUT2D eigenvalue weighted by Crippen LogP contribution is 2.47. The molecule has 0 saturated carbocycles. The average molecular weight is 382 g/mol. The van der Waals surface area contributed by atoms with Crippen molar-refractivity contribution in [3.63, 3.8) is 0 Å². The predicted molar refractivity (Wildman–Crippen MR) is 83.9 cm³/mol. The fourth-order valence-corrected chi connectivity index (χ4v) is 2.98. The molecular weight excluding hydrogens is 364 g/mol. The number of carbonyl (C=O) groups excluding carboxylic acids is 1. The Balaban J connectivity index is 2.76. The van der Waals surface area contributed by atoms with Gasteiger partial charge in [-0.2, -0.15) is 13.2 Å². The highest BCUT2D eigenvalue weighted by Gasteiger charge is 2.34. The molecule has 0 aromatic heterocycles. The molecule has 1 rings (SSSR count). The minimum atomic E-state index is -4.99. The van der Waals surface area contributed by atoms with Gasteiger partial charge in [-0.15, -0.1) is 0 Å². The second-order valence-electron chi connectivity index (χ2n) is 4.64. The summed E-state index contributed by atoms with van der Waals surface area (Å²) in [4.78, 5) is 11.6. The maximum absolute atomic E-state index is 12.2. The standard InChI is InChI=1S/C15H18F3O6P/c1-3-23-25(21,24-4-2)10-22-12-7-5-11(6-8-12)13(19)9-14(20)15(16,17)18/h5-9,20H,3-4,10H2,1-2H3/b14-9-. The first kappa shape index (κ1) is 21.2. The second kappa shape index (κ2) is 9.03. The molecule has 0 aliphatic carbocycles. The molecule has 0 radical (unpaired) electrons. The number of alkyl halides is 3. The summed E-state index contributed by atoms with van der Waals surface area (Å²) >= 11 is 0. The Kier molecular flexibility index (Phi) is 7.66. The maximum Gasteiger partial charge on any atom is 0.448 e. The van der Waals surface area contributed by atoms with Crippen LogP contribution in [0.5, 0.6) is 5.75 Å². The van der Waals surface area contributed by atoms with Crippen LogP contribution in [-0.4, -0.2) is 36.6 Å². The van der Waals surface area contributed by atoms with Gasteiger partial charge in [-0.3, -0.25) is 9.36 Å². The monoisotopic (exact) mass is 382 g/mol. The zero-order chi connectivity index (χ0) is 19.1. The summed E-state index contributed by atoms with van der Waals surface area (Å²) in [6.07, 6.45) is -5.25. The SMILES string of the molecule is CCOP(=O)(COc1ccc(C(=O)/C=C(\O)C(F)(F)F)cc1)OCC. The van der Waals surface area contributed by atoms with Gasteiger partial charge in [0, 0.05) is 11.6 Å². The summed E-state index contributed by atoms with van der Waals surface area (Å²) in [6, 6.07) is 5.05. The zero-order valence-corrected chi connectivity index (χ0v) is 14.5. The van der Waals surface area contributed by atoms with Gasteiger partial charge in [0.05, 0.1) is 13.2 Å². The smallest absolute Gasteiger partial charge is 0.448 e. The molecule has 1 aromatic carbocycles. The molecule has 0 unspecified atom stereocenters. The Labute approximate surface area is 142 Å². The van der Waals surface area contributed by atoms with Crippen molar-refractivity contribution in [2.24, 2.45) is 0 Å². The molecule has 6 nitrogen and oxygen atoms in total. The van der Waals surface area contributed by atoms with Gasteiger partial charge in [0.15, 0.2) is 12.1 Å². The van der Waals surface area contributed by atoms with E-state index in [1.165, 1.54) is 24.3 Å². The van der Waals surface area contributed by atoms with Crippen LogP contribution in [0.3, 0.4) is 0 Å². The van der Waals surface area contributed by atoms with E-state index in [9.17, 15) is 22.5 Å². The molecule has 0 aliphatic rings. The third-order valence-electron chi connectivity index (χ3n) is 2.74. The minimum absolute atomic E-state index is 0.0825. The number of aliphatic hydroxyl groups is 1. The van der Waals surface area contributed by atoms with Crippen molar-refractivity contribution in [3.8, 4) is 5.75 Å². The van der Waals surface area contributed by atoms with Crippen molar-refractivity contribution >= 4 is 13.4 Å². The van der Waals surface area contributed by atoms with Crippen LogP contribution < -0.4 is 4.74 Å². The molecule has 0 spiro atoms. The molecular formula is C15H18F3O6P. The van der Waals surface area contributed by atoms with Crippen molar-refractivity contribution in [3.05, 3.63) is 41.7 Å². The number of hydrogen-bond donors (Lipinski definition) is 1. The number of carbonyl (C=O) groups is 1. The molecule has 0 amide bonds. The number of benzene rings is 1. The van der Waals surface area contributed by atoms with Gasteiger partial charge in [0.1, 0.15) is 5.75 Å². The van der Waals surface area contributed by atoms with E-state index in [-0.39, 0.29) is 37.0 Å². The number of hydrogen-bond acceptors (Lipinski definition) is 6. The zero-order valence-electron chi connectivity index (χ0n) is 13.6. The molecule has 140 valence electrons. The van der Waals surface area contributed by atoms with Gasteiger partial charge in [-0.25, -0.2) is 0 Å². The van der Waals surface area contributed by atoms with Crippen LogP contribution in [0.2, 0.25) is 0 Å². The van der Waals surface area contributed by atoms with Gasteiger partial charge in [-0.1, -0.05) is 0 Å². The normalized spacial score (nSPS) is 12.9. The van der Waals surface area contributed by atoms with Crippen molar-refractivity contribution in [2.75, 3.05) is 19.6 Å². The van der Waals surface area contributed by atoms with Crippen LogP contribution in [-0.2, 0) is 13.6 Å². The third-order valence-corrected chi connectivity index (χ3v) is 4.49. The summed E-state index contributed by atoms with van der Waals surface area (Å²) in [5, 5.41) is 8.78. The molecule has 0 atom stereocenters. The first-order valence-electron chi connectivity index (χ1n) is 7.24. The van der Waals surface area contributed by atoms with E-state index in [1.54, 1.807) is 13.8 Å². The fraction of sp³-hybridized carbons (Fsp3) is 0.400. The summed E-state index contributed by atoms with van der Waals surface area (Å²) < 4.78 is 64.1. The van der Waals surface area contributed by atoms with E-state index >= 15 is 0 Å². The van der Waals surface area contributed by atoms with Gasteiger partial charge < -0.3 is 18.9 Å². The summed E-state index contributed by atoms with van der Waals surface area (Å²) in [5.74, 6) is -2.77. The van der Waals surface area contributed by atoms with Crippen LogP contribution in [0.25, 0.3) is 0 Å². The number of ketones is 1. The first-order valence-corrected chi connectivity index (χ1v) is 8.97. The largest absolute Gasteiger partial charge is 0.504 e. The van der Waals surface area contributed by atoms with Gasteiger partial charge in [0.2, 0.25) is 5.76 Å². The lowest BCUT2D eigenvalue weighted by molar-refractivity contribution is -0.120. The van der Waals surface area contributed by atoms with E-state index in [0.717, 1.165) is 0 Å². The van der Waals surface area contributed by atoms with E-state index in [2.05, 4.69) is 0 Å². The van der Waals surface area contributed by atoms with Crippen LogP contribution in [0.15, 0.2) is 36.1 Å². The molecule has 1 aromatic rings. The summed E-state index contributed by atoms with van der Waals surface area (Å²) in [7, 11) is -3.41. The van der Waals surface area contributed by atoms with Gasteiger partial charge in [0.25, 0.3) is 0 Å². The van der Waals surface area contributed by atoms with Crippen LogP contribution in [0.4, 0.5) is 13.2 Å². The van der Waals surface area contributed by atoms with Crippen molar-refractivity contribution < 1.29 is 41.4 Å². The fourth-order valence-electron chi connectivity index (χ4n) is 1.66. The first-order chi connectivity index (χ1) is 11.6. The van der Waals surface area contributed by atoms with Crippen LogP contribution >= 0.6 is 7.60 Å². The number of rotatable bonds is 9. The number of aliphatic hydroxyl groups excluding tert-OH is 1. The quantitative estimate of drug-likeness (QED) is 0.294. The highest BCUT2D eigenvalue weighted by molar-refractivity contribution is 7.53. The summed E-state index contributed by atoms with van der Waals surface area (Å²) in [6.45, 7) is 3.64. The van der Waals surface area contributed by atoms with Crippen LogP contribution in [0, 0.1) is 0 Å². The molecule has 10 heteroatoms. The third kappa shape index (κ3) is 6.89. The Hall–Kier alpha value is -1.83. The van der Waals surface area contributed by atoms with Gasteiger partial charge in [-0.05, 0) is 38.1 Å². The lowest BCUT2D eigenvalue weighted by Crippen LogP contribution is -2.13. The highest BCUT2D eigenvalue weighted by atomic mass is 31.2.